The van der Waals surface area contributed by atoms with Crippen LogP contribution in [0.2, 0.25) is 0 Å². The number of nitrogen functional groups attached to an aromatic ring is 1. The highest BCUT2D eigenvalue weighted by atomic mass is 19.1. The number of aryl methyl sites for hydroxylation is 1. The van der Waals surface area contributed by atoms with E-state index in [4.69, 9.17) is 5.73 Å². The predicted molar refractivity (Wildman–Crippen MR) is 85.8 cm³/mol. The summed E-state index contributed by atoms with van der Waals surface area (Å²) in [4.78, 5) is 11.6. The molecule has 2 aromatic heterocycles. The lowest BCUT2D eigenvalue weighted by molar-refractivity contribution is 0.628. The van der Waals surface area contributed by atoms with Crippen LogP contribution in [0.4, 0.5) is 10.2 Å². The summed E-state index contributed by atoms with van der Waals surface area (Å²) >= 11 is 0. The van der Waals surface area contributed by atoms with Crippen molar-refractivity contribution in [3.05, 3.63) is 53.2 Å². The van der Waals surface area contributed by atoms with Gasteiger partial charge in [-0.25, -0.2) is 14.4 Å². The third kappa shape index (κ3) is 2.53. The lowest BCUT2D eigenvalue weighted by Crippen LogP contribution is -2.03. The number of nitrogens with one attached hydrogen (secondary N) is 1. The van der Waals surface area contributed by atoms with Crippen molar-refractivity contribution < 1.29 is 4.39 Å². The summed E-state index contributed by atoms with van der Waals surface area (Å²) in [5.74, 6) is 0.555. The molecule has 0 fully saturated rings. The Labute approximate surface area is 132 Å². The highest BCUT2D eigenvalue weighted by Crippen LogP contribution is 2.34. The Morgan fingerprint density at radius 3 is 2.48 bits per heavy atom. The molecule has 114 valence electrons. The number of benzene rings is 1. The van der Waals surface area contributed by atoms with Gasteiger partial charge in [0.1, 0.15) is 29.1 Å². The second kappa shape index (κ2) is 5.54. The van der Waals surface area contributed by atoms with E-state index < -0.39 is 0 Å². The number of aromatic nitrogens is 3. The van der Waals surface area contributed by atoms with Crippen molar-refractivity contribution in [1.29, 1.82) is 5.26 Å². The van der Waals surface area contributed by atoms with E-state index >= 15 is 0 Å². The maximum Gasteiger partial charge on any atom is 0.142 e. The smallest absolute Gasteiger partial charge is 0.142 e. The molecular formula is C17H14FN5. The van der Waals surface area contributed by atoms with Crippen molar-refractivity contribution in [2.75, 3.05) is 5.73 Å². The van der Waals surface area contributed by atoms with E-state index in [9.17, 15) is 9.65 Å². The molecule has 0 atom stereocenters. The van der Waals surface area contributed by atoms with Gasteiger partial charge in [0, 0.05) is 11.1 Å². The van der Waals surface area contributed by atoms with Crippen LogP contribution in [0.5, 0.6) is 0 Å². The van der Waals surface area contributed by atoms with Gasteiger partial charge in [-0.05, 0) is 43.7 Å². The molecule has 0 aliphatic rings. The van der Waals surface area contributed by atoms with Crippen molar-refractivity contribution in [2.24, 2.45) is 0 Å². The lowest BCUT2D eigenvalue weighted by atomic mass is 9.96. The number of imidazole rings is 1. The zero-order chi connectivity index (χ0) is 16.6. The molecule has 2 heterocycles. The Hall–Kier alpha value is -3.20. The molecule has 3 aromatic rings. The summed E-state index contributed by atoms with van der Waals surface area (Å²) in [6.45, 7) is 3.69. The summed E-state index contributed by atoms with van der Waals surface area (Å²) < 4.78 is 13.1. The minimum absolute atomic E-state index is 0.139. The Morgan fingerprint density at radius 1 is 1.22 bits per heavy atom. The standard InChI is InChI=1S/C17H14FN5/c1-9-15(14-8-21-10(2)22-14)13(7-19)17(20)23-16(9)11-3-5-12(18)6-4-11/h3-6,8H,1-2H3,(H2,20,23)(H,21,22). The molecule has 0 aliphatic carbocycles. The Kier molecular flexibility index (Phi) is 3.54. The van der Waals surface area contributed by atoms with Crippen LogP contribution < -0.4 is 5.73 Å². The average Bonchev–Trinajstić information content (AvgIpc) is 2.95. The summed E-state index contributed by atoms with van der Waals surface area (Å²) in [7, 11) is 0. The van der Waals surface area contributed by atoms with Crippen molar-refractivity contribution in [2.45, 2.75) is 13.8 Å². The summed E-state index contributed by atoms with van der Waals surface area (Å²) in [6, 6.07) is 8.11. The van der Waals surface area contributed by atoms with Crippen molar-refractivity contribution in [3.8, 4) is 28.6 Å². The number of hydrogen-bond donors (Lipinski definition) is 2. The minimum Gasteiger partial charge on any atom is -0.383 e. The second-order valence-corrected chi connectivity index (χ2v) is 5.22. The molecule has 0 spiro atoms. The third-order valence-corrected chi connectivity index (χ3v) is 3.67. The number of pyridine rings is 1. The topological polar surface area (TPSA) is 91.4 Å². The normalized spacial score (nSPS) is 10.5. The van der Waals surface area contributed by atoms with Crippen LogP contribution in [-0.2, 0) is 0 Å². The highest BCUT2D eigenvalue weighted by molar-refractivity contribution is 5.82. The van der Waals surface area contributed by atoms with E-state index in [1.54, 1.807) is 18.3 Å². The first-order valence-electron chi connectivity index (χ1n) is 6.99. The molecule has 0 aliphatic heterocycles. The van der Waals surface area contributed by atoms with Gasteiger partial charge in [-0.2, -0.15) is 5.26 Å². The van der Waals surface area contributed by atoms with Crippen LogP contribution in [0.25, 0.3) is 22.5 Å². The van der Waals surface area contributed by atoms with Crippen molar-refractivity contribution in [1.82, 2.24) is 15.0 Å². The fraction of sp³-hybridized carbons (Fsp3) is 0.118. The van der Waals surface area contributed by atoms with Gasteiger partial charge in [0.2, 0.25) is 0 Å². The maximum atomic E-state index is 13.1. The first-order chi connectivity index (χ1) is 11.0. The van der Waals surface area contributed by atoms with Crippen LogP contribution in [-0.4, -0.2) is 15.0 Å². The Balaban J connectivity index is 2.30. The van der Waals surface area contributed by atoms with Gasteiger partial charge in [0.05, 0.1) is 17.6 Å². The number of aromatic amines is 1. The number of halogens is 1. The van der Waals surface area contributed by atoms with E-state index in [-0.39, 0.29) is 11.6 Å². The largest absolute Gasteiger partial charge is 0.383 e. The summed E-state index contributed by atoms with van der Waals surface area (Å²) in [5.41, 5.74) is 9.77. The summed E-state index contributed by atoms with van der Waals surface area (Å²) in [6.07, 6.45) is 1.66. The van der Waals surface area contributed by atoms with Gasteiger partial charge in [0.25, 0.3) is 0 Å². The zero-order valence-electron chi connectivity index (χ0n) is 12.7. The number of nitriles is 1. The van der Waals surface area contributed by atoms with Gasteiger partial charge in [-0.1, -0.05) is 0 Å². The number of hydrogen-bond acceptors (Lipinski definition) is 4. The van der Waals surface area contributed by atoms with Crippen molar-refractivity contribution >= 4 is 5.82 Å². The monoisotopic (exact) mass is 307 g/mol. The van der Waals surface area contributed by atoms with Gasteiger partial charge in [0.15, 0.2) is 0 Å². The fourth-order valence-corrected chi connectivity index (χ4v) is 2.58. The number of nitrogens with zero attached hydrogens (tertiary/aromatic N) is 3. The molecule has 0 bridgehead atoms. The molecule has 6 heteroatoms. The minimum atomic E-state index is -0.322. The molecule has 0 unspecified atom stereocenters. The molecule has 0 saturated carbocycles. The lowest BCUT2D eigenvalue weighted by Gasteiger charge is -2.13. The molecule has 5 nitrogen and oxygen atoms in total. The van der Waals surface area contributed by atoms with E-state index in [0.717, 1.165) is 17.0 Å². The van der Waals surface area contributed by atoms with E-state index in [1.165, 1.54) is 12.1 Å². The Morgan fingerprint density at radius 2 is 1.91 bits per heavy atom. The SMILES string of the molecule is Cc1ncc(-c2c(C)c(-c3ccc(F)cc3)nc(N)c2C#N)[nH]1. The van der Waals surface area contributed by atoms with E-state index in [0.29, 0.717) is 22.5 Å². The first-order valence-corrected chi connectivity index (χ1v) is 6.99. The van der Waals surface area contributed by atoms with Gasteiger partial charge < -0.3 is 10.7 Å². The predicted octanol–water partition coefficient (Wildman–Crippen LogP) is 3.35. The highest BCUT2D eigenvalue weighted by Gasteiger charge is 2.19. The molecule has 3 N–H and O–H groups in total. The Bertz CT molecular complexity index is 919. The number of anilines is 1. The number of rotatable bonds is 2. The third-order valence-electron chi connectivity index (χ3n) is 3.67. The van der Waals surface area contributed by atoms with Crippen molar-refractivity contribution in [3.63, 3.8) is 0 Å². The molecule has 23 heavy (non-hydrogen) atoms. The number of nitrogens with two attached hydrogens (primary N) is 1. The zero-order valence-corrected chi connectivity index (χ0v) is 12.7. The van der Waals surface area contributed by atoms with Gasteiger partial charge in [-0.15, -0.1) is 0 Å². The van der Waals surface area contributed by atoms with Crippen LogP contribution in [0.1, 0.15) is 17.0 Å². The van der Waals surface area contributed by atoms with Gasteiger partial charge >= 0.3 is 0 Å². The van der Waals surface area contributed by atoms with E-state index in [2.05, 4.69) is 21.0 Å². The second-order valence-electron chi connectivity index (χ2n) is 5.22. The quantitative estimate of drug-likeness (QED) is 0.759. The number of H-pyrrole nitrogens is 1. The average molecular weight is 307 g/mol. The fourth-order valence-electron chi connectivity index (χ4n) is 2.58. The summed E-state index contributed by atoms with van der Waals surface area (Å²) in [5, 5.41) is 9.44. The van der Waals surface area contributed by atoms with Crippen LogP contribution in [0.3, 0.4) is 0 Å². The van der Waals surface area contributed by atoms with Crippen LogP contribution in [0, 0.1) is 31.0 Å². The molecule has 1 aromatic carbocycles. The molecule has 3 rings (SSSR count). The molecule has 0 saturated heterocycles. The maximum absolute atomic E-state index is 13.1. The molecular weight excluding hydrogens is 293 g/mol. The molecule has 0 amide bonds. The molecule has 0 radical (unpaired) electrons. The van der Waals surface area contributed by atoms with Gasteiger partial charge in [-0.3, -0.25) is 0 Å². The first kappa shape index (κ1) is 14.7. The van der Waals surface area contributed by atoms with E-state index in [1.807, 2.05) is 13.8 Å². The van der Waals surface area contributed by atoms with Crippen LogP contribution >= 0.6 is 0 Å². The van der Waals surface area contributed by atoms with Crippen LogP contribution in [0.15, 0.2) is 30.5 Å².